The Balaban J connectivity index is 1.71. The average molecular weight is 405 g/mol. The average Bonchev–Trinajstić information content (AvgIpc) is 2.96. The van der Waals surface area contributed by atoms with Gasteiger partial charge in [0.25, 0.3) is 5.91 Å². The molecule has 140 valence electrons. The standard InChI is InChI=1S/C19H17ClN2O4S/c1-11-5-6-13(20)9-15(11)21-19-22-18(25)16(27-19)8-12-3-2-4-14(7-12)26-10-17(23)24/h2-9,19,21H,10H2,1H3,(H,22,25)(H,23,24)/b16-8-. The van der Waals surface area contributed by atoms with Gasteiger partial charge < -0.3 is 20.5 Å². The normalized spacial score (nSPS) is 17.6. The lowest BCUT2D eigenvalue weighted by atomic mass is 10.2. The molecular weight excluding hydrogens is 388 g/mol. The second kappa shape index (κ2) is 8.37. The van der Waals surface area contributed by atoms with Crippen LogP contribution in [-0.4, -0.2) is 29.1 Å². The number of hydrogen-bond acceptors (Lipinski definition) is 5. The lowest BCUT2D eigenvalue weighted by Gasteiger charge is -2.15. The van der Waals surface area contributed by atoms with Crippen molar-refractivity contribution in [2.24, 2.45) is 0 Å². The number of hydrogen-bond donors (Lipinski definition) is 3. The minimum Gasteiger partial charge on any atom is -0.482 e. The molecule has 0 bridgehead atoms. The van der Waals surface area contributed by atoms with Gasteiger partial charge >= 0.3 is 5.97 Å². The number of aryl methyl sites for hydroxylation is 1. The van der Waals surface area contributed by atoms with Crippen molar-refractivity contribution < 1.29 is 19.4 Å². The van der Waals surface area contributed by atoms with E-state index >= 15 is 0 Å². The van der Waals surface area contributed by atoms with E-state index in [-0.39, 0.29) is 11.4 Å². The number of benzene rings is 2. The Kier molecular flexibility index (Phi) is 5.93. The number of anilines is 1. The molecule has 2 aromatic rings. The largest absolute Gasteiger partial charge is 0.482 e. The second-order valence-electron chi connectivity index (χ2n) is 5.84. The van der Waals surface area contributed by atoms with E-state index in [1.54, 1.807) is 24.3 Å². The molecule has 1 fully saturated rings. The zero-order valence-electron chi connectivity index (χ0n) is 14.4. The van der Waals surface area contributed by atoms with E-state index < -0.39 is 12.6 Å². The number of nitrogens with one attached hydrogen (secondary N) is 2. The van der Waals surface area contributed by atoms with Gasteiger partial charge in [0.1, 0.15) is 5.75 Å². The first-order chi connectivity index (χ1) is 12.9. The van der Waals surface area contributed by atoms with Gasteiger partial charge in [0.15, 0.2) is 12.1 Å². The molecule has 8 heteroatoms. The van der Waals surface area contributed by atoms with Crippen LogP contribution in [-0.2, 0) is 9.59 Å². The predicted octanol–water partition coefficient (Wildman–Crippen LogP) is 3.71. The van der Waals surface area contributed by atoms with Crippen LogP contribution in [0.2, 0.25) is 5.02 Å². The van der Waals surface area contributed by atoms with Crippen molar-refractivity contribution in [3.05, 3.63) is 63.5 Å². The van der Waals surface area contributed by atoms with Gasteiger partial charge in [-0.3, -0.25) is 4.79 Å². The minimum absolute atomic E-state index is 0.186. The SMILES string of the molecule is Cc1ccc(Cl)cc1NC1NC(=O)/C(=C/c2cccc(OCC(=O)O)c2)S1. The van der Waals surface area contributed by atoms with Crippen molar-refractivity contribution in [2.75, 3.05) is 11.9 Å². The molecule has 3 N–H and O–H groups in total. The van der Waals surface area contributed by atoms with Crippen molar-refractivity contribution in [1.82, 2.24) is 5.32 Å². The van der Waals surface area contributed by atoms with Gasteiger partial charge in [-0.25, -0.2) is 4.79 Å². The smallest absolute Gasteiger partial charge is 0.341 e. The van der Waals surface area contributed by atoms with Gasteiger partial charge in [-0.2, -0.15) is 0 Å². The Morgan fingerprint density at radius 1 is 1.37 bits per heavy atom. The number of halogens is 1. The van der Waals surface area contributed by atoms with Gasteiger partial charge in [-0.1, -0.05) is 41.6 Å². The van der Waals surface area contributed by atoms with E-state index in [4.69, 9.17) is 21.4 Å². The number of aliphatic carboxylic acids is 1. The van der Waals surface area contributed by atoms with E-state index in [0.717, 1.165) is 16.8 Å². The third-order valence-electron chi connectivity index (χ3n) is 3.74. The third kappa shape index (κ3) is 5.18. The lowest BCUT2D eigenvalue weighted by molar-refractivity contribution is -0.139. The van der Waals surface area contributed by atoms with Crippen LogP contribution >= 0.6 is 23.4 Å². The zero-order valence-corrected chi connectivity index (χ0v) is 15.9. The molecule has 2 aromatic carbocycles. The predicted molar refractivity (Wildman–Crippen MR) is 107 cm³/mol. The summed E-state index contributed by atoms with van der Waals surface area (Å²) in [4.78, 5) is 23.4. The summed E-state index contributed by atoms with van der Waals surface area (Å²) in [5.74, 6) is -0.803. The second-order valence-corrected chi connectivity index (χ2v) is 7.42. The van der Waals surface area contributed by atoms with Crippen LogP contribution in [0.15, 0.2) is 47.4 Å². The monoisotopic (exact) mass is 404 g/mol. The van der Waals surface area contributed by atoms with E-state index in [9.17, 15) is 9.59 Å². The lowest BCUT2D eigenvalue weighted by Crippen LogP contribution is -2.31. The Labute approximate surface area is 165 Å². The fourth-order valence-corrected chi connectivity index (χ4v) is 3.59. The van der Waals surface area contributed by atoms with Crippen molar-refractivity contribution in [3.63, 3.8) is 0 Å². The highest BCUT2D eigenvalue weighted by atomic mass is 35.5. The van der Waals surface area contributed by atoms with Crippen LogP contribution in [0.5, 0.6) is 5.75 Å². The van der Waals surface area contributed by atoms with Crippen LogP contribution in [0.1, 0.15) is 11.1 Å². The highest BCUT2D eigenvalue weighted by Gasteiger charge is 2.27. The molecule has 1 amide bonds. The summed E-state index contributed by atoms with van der Waals surface area (Å²) in [7, 11) is 0. The van der Waals surface area contributed by atoms with Gasteiger partial charge in [0.2, 0.25) is 0 Å². The molecule has 0 spiro atoms. The van der Waals surface area contributed by atoms with E-state index in [1.807, 2.05) is 31.2 Å². The number of amides is 1. The molecule has 27 heavy (non-hydrogen) atoms. The maximum atomic E-state index is 12.3. The highest BCUT2D eigenvalue weighted by molar-refractivity contribution is 8.05. The molecule has 3 rings (SSSR count). The number of carbonyl (C=O) groups is 2. The first kappa shape index (κ1) is 19.1. The summed E-state index contributed by atoms with van der Waals surface area (Å²) in [6.07, 6.45) is 1.74. The minimum atomic E-state index is -1.05. The van der Waals surface area contributed by atoms with Crippen molar-refractivity contribution in [3.8, 4) is 5.75 Å². The van der Waals surface area contributed by atoms with Crippen LogP contribution in [0.25, 0.3) is 6.08 Å². The summed E-state index contributed by atoms with van der Waals surface area (Å²) < 4.78 is 5.16. The molecule has 0 aliphatic carbocycles. The van der Waals surface area contributed by atoms with Gasteiger partial charge in [-0.15, -0.1) is 0 Å². The molecule has 0 radical (unpaired) electrons. The molecule has 6 nitrogen and oxygen atoms in total. The van der Waals surface area contributed by atoms with E-state index in [2.05, 4.69) is 10.6 Å². The van der Waals surface area contributed by atoms with Crippen molar-refractivity contribution in [2.45, 2.75) is 12.4 Å². The quantitative estimate of drug-likeness (QED) is 0.636. The summed E-state index contributed by atoms with van der Waals surface area (Å²) in [5, 5.41) is 15.4. The van der Waals surface area contributed by atoms with Crippen LogP contribution < -0.4 is 15.4 Å². The van der Waals surface area contributed by atoms with Gasteiger partial charge in [0.05, 0.1) is 4.91 Å². The van der Waals surface area contributed by atoms with E-state index in [0.29, 0.717) is 15.7 Å². The molecule has 1 heterocycles. The Morgan fingerprint density at radius 3 is 2.96 bits per heavy atom. The molecule has 1 saturated heterocycles. The number of carboxylic acids is 1. The highest BCUT2D eigenvalue weighted by Crippen LogP contribution is 2.32. The summed E-state index contributed by atoms with van der Waals surface area (Å²) in [5.41, 5.74) is 2.31. The fraction of sp³-hybridized carbons (Fsp3) is 0.158. The first-order valence-electron chi connectivity index (χ1n) is 8.07. The van der Waals surface area contributed by atoms with Crippen molar-refractivity contribution >= 4 is 47.0 Å². The zero-order chi connectivity index (χ0) is 19.4. The van der Waals surface area contributed by atoms with Gasteiger partial charge in [0, 0.05) is 10.7 Å². The number of carboxylic acid groups (broad SMARTS) is 1. The molecular formula is C19H17ClN2O4S. The van der Waals surface area contributed by atoms with Crippen LogP contribution in [0, 0.1) is 6.92 Å². The molecule has 1 aliphatic rings. The van der Waals surface area contributed by atoms with Crippen LogP contribution in [0.3, 0.4) is 0 Å². The molecule has 1 atom stereocenters. The maximum absolute atomic E-state index is 12.3. The summed E-state index contributed by atoms with van der Waals surface area (Å²) in [6, 6.07) is 12.4. The topological polar surface area (TPSA) is 87.7 Å². The number of carbonyl (C=O) groups excluding carboxylic acids is 1. The summed E-state index contributed by atoms with van der Waals surface area (Å²) >= 11 is 7.39. The molecule has 1 aliphatic heterocycles. The Bertz CT molecular complexity index is 916. The fourth-order valence-electron chi connectivity index (χ4n) is 2.45. The van der Waals surface area contributed by atoms with Crippen LogP contribution in [0.4, 0.5) is 5.69 Å². The number of thioether (sulfide) groups is 1. The maximum Gasteiger partial charge on any atom is 0.341 e. The Morgan fingerprint density at radius 2 is 2.19 bits per heavy atom. The van der Waals surface area contributed by atoms with E-state index in [1.165, 1.54) is 11.8 Å². The summed E-state index contributed by atoms with van der Waals surface area (Å²) in [6.45, 7) is 1.54. The molecule has 0 aromatic heterocycles. The Hall–Kier alpha value is -2.64. The number of ether oxygens (including phenoxy) is 1. The van der Waals surface area contributed by atoms with Gasteiger partial charge in [-0.05, 0) is 48.4 Å². The van der Waals surface area contributed by atoms with Crippen molar-refractivity contribution in [1.29, 1.82) is 0 Å². The molecule has 1 unspecified atom stereocenters. The third-order valence-corrected chi connectivity index (χ3v) is 5.00. The molecule has 0 saturated carbocycles. The first-order valence-corrected chi connectivity index (χ1v) is 9.33. The number of rotatable bonds is 6.